The number of carbonyl (C=O) groups is 1. The second kappa shape index (κ2) is 15.8. The molecule has 0 radical (unpaired) electrons. The molecule has 1 heterocycles. The van der Waals surface area contributed by atoms with E-state index in [1.165, 1.54) is 19.3 Å². The number of halogens is 3. The number of hydrogen-bond acceptors (Lipinski definition) is 7. The third kappa shape index (κ3) is 8.88. The van der Waals surface area contributed by atoms with Crippen LogP contribution in [-0.4, -0.2) is 62.5 Å². The first kappa shape index (κ1) is 30.9. The molecule has 10 heteroatoms. The van der Waals surface area contributed by atoms with Crippen LogP contribution in [0.4, 0.5) is 13.2 Å². The van der Waals surface area contributed by atoms with E-state index >= 15 is 0 Å². The lowest BCUT2D eigenvalue weighted by molar-refractivity contribution is -0.142. The maximum absolute atomic E-state index is 13.1. The number of methoxy groups -OCH3 is 1. The molecule has 1 aliphatic carbocycles. The van der Waals surface area contributed by atoms with Crippen LogP contribution in [0.1, 0.15) is 31.4 Å². The monoisotopic (exact) mass is 557 g/mol. The number of nitrogens with zero attached hydrogens (tertiary/aromatic N) is 1. The van der Waals surface area contributed by atoms with Crippen molar-refractivity contribution in [1.29, 1.82) is 0 Å². The topological polar surface area (TPSA) is 57.1 Å². The first-order chi connectivity index (χ1) is 17.8. The van der Waals surface area contributed by atoms with Crippen LogP contribution in [0, 0.1) is 6.92 Å². The van der Waals surface area contributed by atoms with Gasteiger partial charge in [-0.05, 0) is 37.5 Å². The molecule has 0 amide bonds. The van der Waals surface area contributed by atoms with E-state index in [4.69, 9.17) is 9.47 Å². The fourth-order valence-electron chi connectivity index (χ4n) is 3.69. The Morgan fingerprint density at radius 2 is 2.03 bits per heavy atom. The smallest absolute Gasteiger partial charge is 0.343 e. The van der Waals surface area contributed by atoms with Crippen molar-refractivity contribution in [3.05, 3.63) is 52.6 Å². The van der Waals surface area contributed by atoms with Crippen LogP contribution < -0.4 is 9.47 Å². The third-order valence-corrected chi connectivity index (χ3v) is 8.05. The largest absolute Gasteiger partial charge is 0.492 e. The Balaban J connectivity index is 0.00000235. The number of hydrogen-bond donors (Lipinski definition) is 0. The quantitative estimate of drug-likeness (QED) is 0.137. The van der Waals surface area contributed by atoms with Crippen LogP contribution in [-0.2, 0) is 16.0 Å². The molecular formula is C27H34F3NO4S2. The lowest BCUT2D eigenvalue weighted by Crippen LogP contribution is -2.14. The highest BCUT2D eigenvalue weighted by Gasteiger charge is 2.25. The molecule has 0 N–H and O–H groups in total. The average Bonchev–Trinajstić information content (AvgIpc) is 3.24. The number of thioether (sulfide) groups is 2. The zero-order chi connectivity index (χ0) is 27.4. The van der Waals surface area contributed by atoms with Gasteiger partial charge in [-0.15, -0.1) is 23.5 Å². The van der Waals surface area contributed by atoms with Gasteiger partial charge in [-0.25, -0.2) is 13.6 Å². The average molecular weight is 558 g/mol. The van der Waals surface area contributed by atoms with Gasteiger partial charge in [-0.2, -0.15) is 0 Å². The summed E-state index contributed by atoms with van der Waals surface area (Å²) >= 11 is 3.37. The molecule has 1 aromatic carbocycles. The highest BCUT2D eigenvalue weighted by Crippen LogP contribution is 2.44. The molecule has 0 fully saturated rings. The molecule has 0 bridgehead atoms. The van der Waals surface area contributed by atoms with E-state index in [2.05, 4.69) is 16.7 Å². The lowest BCUT2D eigenvalue weighted by Gasteiger charge is -2.17. The summed E-state index contributed by atoms with van der Waals surface area (Å²) < 4.78 is 52.0. The van der Waals surface area contributed by atoms with Gasteiger partial charge in [-0.1, -0.05) is 31.2 Å². The fourth-order valence-corrected chi connectivity index (χ4v) is 6.04. The van der Waals surface area contributed by atoms with Gasteiger partial charge >= 0.3 is 5.97 Å². The van der Waals surface area contributed by atoms with Gasteiger partial charge < -0.3 is 14.2 Å². The molecule has 2 aliphatic rings. The van der Waals surface area contributed by atoms with Gasteiger partial charge in [0, 0.05) is 35.1 Å². The summed E-state index contributed by atoms with van der Waals surface area (Å²) in [7, 11) is 1.84. The van der Waals surface area contributed by atoms with E-state index in [0.29, 0.717) is 32.5 Å². The fraction of sp³-hybridized carbons (Fsp3) is 0.481. The Kier molecular flexibility index (Phi) is 13.2. The van der Waals surface area contributed by atoms with Crippen molar-refractivity contribution >= 4 is 34.5 Å². The maximum Gasteiger partial charge on any atom is 0.343 e. The van der Waals surface area contributed by atoms with Crippen molar-refractivity contribution in [3.8, 4) is 11.5 Å². The van der Waals surface area contributed by atoms with Gasteiger partial charge in [-0.3, -0.25) is 9.38 Å². The van der Waals surface area contributed by atoms with Crippen molar-refractivity contribution in [1.82, 2.24) is 0 Å². The number of esters is 1. The predicted octanol–water partition coefficient (Wildman–Crippen LogP) is 6.78. The molecule has 0 aromatic heterocycles. The molecule has 1 aliphatic heterocycles. The number of fused-ring (bicyclic) bond motifs is 1. The number of benzene rings is 1. The van der Waals surface area contributed by atoms with Crippen LogP contribution in [0.5, 0.6) is 11.5 Å². The Morgan fingerprint density at radius 3 is 2.70 bits per heavy atom. The summed E-state index contributed by atoms with van der Waals surface area (Å²) in [5, 5.41) is 1.12. The van der Waals surface area contributed by atoms with Crippen molar-refractivity contribution in [2.75, 3.05) is 39.8 Å². The minimum absolute atomic E-state index is 0.0210. The van der Waals surface area contributed by atoms with Gasteiger partial charge in [0.25, 0.3) is 6.43 Å². The number of allylic oxidation sites excluding steroid dienone is 5. The molecule has 0 saturated heterocycles. The zero-order valence-electron chi connectivity index (χ0n) is 21.8. The summed E-state index contributed by atoms with van der Waals surface area (Å²) in [5.41, 5.74) is 2.91. The zero-order valence-corrected chi connectivity index (χ0v) is 23.4. The minimum atomic E-state index is -2.49. The molecule has 0 spiro atoms. The summed E-state index contributed by atoms with van der Waals surface area (Å²) in [4.78, 5) is 17.2. The van der Waals surface area contributed by atoms with E-state index < -0.39 is 12.4 Å². The second-order valence-corrected chi connectivity index (χ2v) is 10.6. The Hall–Kier alpha value is -2.33. The first-order valence-corrected chi connectivity index (χ1v) is 13.8. The molecule has 1 aromatic rings. The lowest BCUT2D eigenvalue weighted by atomic mass is 10.1. The number of carbonyl (C=O) groups excluding carboxylic acids is 1. The molecule has 5 nitrogen and oxygen atoms in total. The molecule has 204 valence electrons. The molecule has 37 heavy (non-hydrogen) atoms. The molecule has 1 atom stereocenters. The van der Waals surface area contributed by atoms with Crippen LogP contribution >= 0.6 is 23.5 Å². The molecular weight excluding hydrogens is 523 g/mol. The molecule has 3 rings (SSSR count). The predicted molar refractivity (Wildman–Crippen MR) is 147 cm³/mol. The van der Waals surface area contributed by atoms with Crippen LogP contribution in [0.15, 0.2) is 51.4 Å². The Morgan fingerprint density at radius 1 is 1.27 bits per heavy atom. The minimum Gasteiger partial charge on any atom is -0.492 e. The SMILES string of the molecule is CCN=C(SC(C)CSc1cc(C)c(OCC(=O)OC)c2c1OCC2)C1=CC=C(C(F)F)C=CC1.CF. The molecule has 1 unspecified atom stereocenters. The van der Waals surface area contributed by atoms with E-state index in [1.807, 2.05) is 19.9 Å². The van der Waals surface area contributed by atoms with Crippen molar-refractivity contribution in [3.63, 3.8) is 0 Å². The summed E-state index contributed by atoms with van der Waals surface area (Å²) in [6.07, 6.45) is 5.34. The maximum atomic E-state index is 13.1. The summed E-state index contributed by atoms with van der Waals surface area (Å²) in [6, 6.07) is 2.04. The number of aliphatic imine (C=N–C) groups is 1. The van der Waals surface area contributed by atoms with E-state index in [1.54, 1.807) is 35.7 Å². The van der Waals surface area contributed by atoms with E-state index in [9.17, 15) is 18.0 Å². The van der Waals surface area contributed by atoms with E-state index in [0.717, 1.165) is 44.6 Å². The Labute approximate surface area is 225 Å². The van der Waals surface area contributed by atoms with E-state index in [-0.39, 0.29) is 17.4 Å². The Bertz CT molecular complexity index is 1050. The number of ether oxygens (including phenoxy) is 3. The number of alkyl halides is 3. The normalized spacial score (nSPS) is 15.5. The van der Waals surface area contributed by atoms with Gasteiger partial charge in [0.15, 0.2) is 6.61 Å². The third-order valence-electron chi connectivity index (χ3n) is 5.38. The van der Waals surface area contributed by atoms with Crippen LogP contribution in [0.3, 0.4) is 0 Å². The summed E-state index contributed by atoms with van der Waals surface area (Å²) in [5.74, 6) is 1.90. The first-order valence-electron chi connectivity index (χ1n) is 11.9. The number of aryl methyl sites for hydroxylation is 1. The standard InChI is InChI=1S/C26H31F2NO4S2.CH3F/c1-5-29-26(19-8-6-7-18(9-10-19)25(27)28)35-17(3)15-34-21-13-16(2)23(33-14-22(30)31-4)20-11-12-32-24(20)21;1-2/h6-7,9-10,13,17,25H,5,8,11-12,14-15H2,1-4H3;1H3. The molecule has 0 saturated carbocycles. The van der Waals surface area contributed by atoms with Crippen molar-refractivity contribution in [2.24, 2.45) is 4.99 Å². The number of rotatable bonds is 10. The van der Waals surface area contributed by atoms with Gasteiger partial charge in [0.05, 0.1) is 30.8 Å². The van der Waals surface area contributed by atoms with Gasteiger partial charge in [0.1, 0.15) is 11.5 Å². The summed E-state index contributed by atoms with van der Waals surface area (Å²) in [6.45, 7) is 7.14. The van der Waals surface area contributed by atoms with Crippen LogP contribution in [0.25, 0.3) is 0 Å². The van der Waals surface area contributed by atoms with Gasteiger partial charge in [0.2, 0.25) is 0 Å². The second-order valence-electron chi connectivity index (χ2n) is 8.08. The van der Waals surface area contributed by atoms with Crippen LogP contribution in [0.2, 0.25) is 0 Å². The van der Waals surface area contributed by atoms with Crippen molar-refractivity contribution < 1.29 is 32.2 Å². The highest BCUT2D eigenvalue weighted by atomic mass is 32.2. The van der Waals surface area contributed by atoms with Crippen molar-refractivity contribution in [2.45, 2.75) is 50.2 Å². The highest BCUT2D eigenvalue weighted by molar-refractivity contribution is 8.15.